The molecule has 0 bridgehead atoms. The van der Waals surface area contributed by atoms with Gasteiger partial charge in [0, 0.05) is 23.1 Å². The van der Waals surface area contributed by atoms with Crippen LogP contribution in [0.5, 0.6) is 5.75 Å². The third-order valence-corrected chi connectivity index (χ3v) is 5.23. The number of carboxylic acids is 1. The van der Waals surface area contributed by atoms with E-state index < -0.39 is 11.9 Å². The second-order valence-corrected chi connectivity index (χ2v) is 7.39. The lowest BCUT2D eigenvalue weighted by Gasteiger charge is -2.13. The van der Waals surface area contributed by atoms with E-state index in [4.69, 9.17) is 20.6 Å². The molecule has 4 rings (SSSR count). The topological polar surface area (TPSA) is 129 Å². The number of carboxylic acid groups (broad SMARTS) is 1. The molecule has 0 unspecified atom stereocenters. The molecule has 0 saturated heterocycles. The molecule has 7 heteroatoms. The summed E-state index contributed by atoms with van der Waals surface area (Å²) >= 11 is 0. The van der Waals surface area contributed by atoms with Gasteiger partial charge in [0.1, 0.15) is 17.9 Å². The zero-order chi connectivity index (χ0) is 22.7. The molecule has 0 fully saturated rings. The second-order valence-electron chi connectivity index (χ2n) is 7.39. The van der Waals surface area contributed by atoms with Crippen LogP contribution in [0.2, 0.25) is 0 Å². The Hall–Kier alpha value is -4.10. The Labute approximate surface area is 184 Å². The van der Waals surface area contributed by atoms with Gasteiger partial charge in [-0.25, -0.2) is 0 Å². The van der Waals surface area contributed by atoms with Crippen LogP contribution in [0.4, 0.5) is 0 Å². The Balaban J connectivity index is 1.67. The predicted molar refractivity (Wildman–Crippen MR) is 120 cm³/mol. The zero-order valence-electron chi connectivity index (χ0n) is 17.2. The molecule has 0 atom stereocenters. The van der Waals surface area contributed by atoms with Crippen molar-refractivity contribution in [1.29, 1.82) is 0 Å². The van der Waals surface area contributed by atoms with Crippen LogP contribution in [0.3, 0.4) is 0 Å². The van der Waals surface area contributed by atoms with E-state index in [1.54, 1.807) is 18.4 Å². The van der Waals surface area contributed by atoms with E-state index in [0.29, 0.717) is 17.7 Å². The summed E-state index contributed by atoms with van der Waals surface area (Å²) in [6.45, 7) is 0.537. The lowest BCUT2D eigenvalue weighted by Crippen LogP contribution is -2.15. The van der Waals surface area contributed by atoms with Crippen LogP contribution in [-0.2, 0) is 24.4 Å². The number of primary amides is 1. The molecule has 162 valence electrons. The highest BCUT2D eigenvalue weighted by molar-refractivity contribution is 5.96. The van der Waals surface area contributed by atoms with Crippen molar-refractivity contribution in [2.24, 2.45) is 11.5 Å². The number of rotatable bonds is 8. The van der Waals surface area contributed by atoms with E-state index in [1.165, 1.54) is 6.07 Å². The van der Waals surface area contributed by atoms with E-state index in [2.05, 4.69) is 0 Å². The van der Waals surface area contributed by atoms with Crippen molar-refractivity contribution in [3.63, 3.8) is 0 Å². The molecule has 5 N–H and O–H groups in total. The van der Waals surface area contributed by atoms with E-state index >= 15 is 0 Å². The monoisotopic (exact) mass is 430 g/mol. The second kappa shape index (κ2) is 8.95. The molecule has 4 aromatic rings. The van der Waals surface area contributed by atoms with Gasteiger partial charge in [-0.1, -0.05) is 36.4 Å². The van der Waals surface area contributed by atoms with Crippen LogP contribution < -0.4 is 16.2 Å². The summed E-state index contributed by atoms with van der Waals surface area (Å²) < 4.78 is 11.6. The third kappa shape index (κ3) is 4.33. The number of ether oxygens (including phenoxy) is 1. The molecule has 7 nitrogen and oxygen atoms in total. The number of fused-ring (bicyclic) bond motifs is 1. The van der Waals surface area contributed by atoms with Gasteiger partial charge in [-0.2, -0.15) is 0 Å². The number of carbonyl (C=O) groups is 2. The van der Waals surface area contributed by atoms with Gasteiger partial charge >= 0.3 is 5.97 Å². The number of aliphatic carboxylic acids is 1. The third-order valence-electron chi connectivity index (χ3n) is 5.23. The fraction of sp³-hybridized carbons (Fsp3) is 0.120. The Morgan fingerprint density at radius 3 is 2.50 bits per heavy atom. The smallest absolute Gasteiger partial charge is 0.307 e. The van der Waals surface area contributed by atoms with Crippen LogP contribution in [-0.4, -0.2) is 17.0 Å². The number of benzene rings is 3. The van der Waals surface area contributed by atoms with Crippen LogP contribution in [0.25, 0.3) is 22.1 Å². The van der Waals surface area contributed by atoms with Crippen molar-refractivity contribution in [3.05, 3.63) is 89.2 Å². The molecule has 32 heavy (non-hydrogen) atoms. The maximum absolute atomic E-state index is 11.9. The minimum Gasteiger partial charge on any atom is -0.488 e. The Morgan fingerprint density at radius 2 is 1.75 bits per heavy atom. The van der Waals surface area contributed by atoms with Gasteiger partial charge in [0.05, 0.1) is 18.2 Å². The number of para-hydroxylation sites is 1. The maximum atomic E-state index is 11.9. The van der Waals surface area contributed by atoms with Crippen molar-refractivity contribution in [1.82, 2.24) is 0 Å². The first-order valence-electron chi connectivity index (χ1n) is 10.0. The minimum absolute atomic E-state index is 0.0796. The molecule has 0 aliphatic carbocycles. The van der Waals surface area contributed by atoms with Gasteiger partial charge < -0.3 is 25.7 Å². The summed E-state index contributed by atoms with van der Waals surface area (Å²) in [5.74, 6) is -1.55. The first kappa shape index (κ1) is 21.1. The normalized spacial score (nSPS) is 10.9. The molecule has 1 heterocycles. The van der Waals surface area contributed by atoms with Gasteiger partial charge in [-0.05, 0) is 41.0 Å². The molecule has 0 radical (unpaired) electrons. The molecule has 0 aliphatic heterocycles. The quantitative estimate of drug-likeness (QED) is 0.389. The van der Waals surface area contributed by atoms with Gasteiger partial charge in [-0.15, -0.1) is 0 Å². The summed E-state index contributed by atoms with van der Waals surface area (Å²) in [5.41, 5.74) is 16.3. The average molecular weight is 430 g/mol. The molecule has 0 aliphatic rings. The van der Waals surface area contributed by atoms with E-state index in [1.807, 2.05) is 42.5 Å². The molecule has 3 aromatic carbocycles. The molecule has 0 saturated carbocycles. The average Bonchev–Trinajstić information content (AvgIpc) is 3.20. The SMILES string of the molecule is NCc1cccc(-c2ccc3occ(COc4c(CC(=O)O)cccc4C(N)=O)c3c2)c1. The van der Waals surface area contributed by atoms with Crippen molar-refractivity contribution in [3.8, 4) is 16.9 Å². The number of amides is 1. The molecule has 1 aromatic heterocycles. The lowest BCUT2D eigenvalue weighted by molar-refractivity contribution is -0.136. The molecular formula is C25H22N2O5. The van der Waals surface area contributed by atoms with Crippen LogP contribution in [0, 0.1) is 0 Å². The zero-order valence-corrected chi connectivity index (χ0v) is 17.2. The highest BCUT2D eigenvalue weighted by atomic mass is 16.5. The van der Waals surface area contributed by atoms with Gasteiger partial charge in [-0.3, -0.25) is 9.59 Å². The van der Waals surface area contributed by atoms with E-state index in [9.17, 15) is 14.7 Å². The van der Waals surface area contributed by atoms with Crippen LogP contribution >= 0.6 is 0 Å². The van der Waals surface area contributed by atoms with Gasteiger partial charge in [0.25, 0.3) is 5.91 Å². The standard InChI is InChI=1S/C25H22N2O5/c26-12-15-3-1-4-16(9-15)17-7-8-22-21(10-17)19(13-31-22)14-32-24-18(11-23(28)29)5-2-6-20(24)25(27)30/h1-10,13H,11-12,14,26H2,(H2,27,30)(H,28,29). The Bertz CT molecular complexity index is 1310. The molecule has 0 spiro atoms. The fourth-order valence-corrected chi connectivity index (χ4v) is 3.65. The first-order chi connectivity index (χ1) is 15.5. The minimum atomic E-state index is -1.03. The number of furan rings is 1. The molecule has 1 amide bonds. The largest absolute Gasteiger partial charge is 0.488 e. The van der Waals surface area contributed by atoms with Crippen molar-refractivity contribution in [2.75, 3.05) is 0 Å². The van der Waals surface area contributed by atoms with Gasteiger partial charge in [0.2, 0.25) is 0 Å². The highest BCUT2D eigenvalue weighted by Crippen LogP contribution is 2.31. The van der Waals surface area contributed by atoms with Crippen LogP contribution in [0.1, 0.15) is 27.0 Å². The Kier molecular flexibility index (Phi) is 5.91. The van der Waals surface area contributed by atoms with Crippen molar-refractivity contribution >= 4 is 22.8 Å². The van der Waals surface area contributed by atoms with Crippen molar-refractivity contribution < 1.29 is 23.8 Å². The highest BCUT2D eigenvalue weighted by Gasteiger charge is 2.17. The number of nitrogens with two attached hydrogens (primary N) is 2. The summed E-state index contributed by atoms with van der Waals surface area (Å²) in [6, 6.07) is 18.6. The fourth-order valence-electron chi connectivity index (χ4n) is 3.65. The number of carbonyl (C=O) groups excluding carboxylic acids is 1. The summed E-state index contributed by atoms with van der Waals surface area (Å²) in [6.07, 6.45) is 1.30. The van der Waals surface area contributed by atoms with E-state index in [0.717, 1.165) is 27.6 Å². The Morgan fingerprint density at radius 1 is 0.969 bits per heavy atom. The van der Waals surface area contributed by atoms with Crippen molar-refractivity contribution in [2.45, 2.75) is 19.6 Å². The summed E-state index contributed by atoms with van der Waals surface area (Å²) in [4.78, 5) is 23.1. The predicted octanol–water partition coefficient (Wildman–Crippen LogP) is 3.86. The number of hydrogen-bond donors (Lipinski definition) is 3. The summed E-state index contributed by atoms with van der Waals surface area (Å²) in [5, 5.41) is 10.1. The van der Waals surface area contributed by atoms with E-state index in [-0.39, 0.29) is 24.3 Å². The summed E-state index contributed by atoms with van der Waals surface area (Å²) in [7, 11) is 0. The lowest BCUT2D eigenvalue weighted by atomic mass is 10.0. The molecular weight excluding hydrogens is 408 g/mol. The maximum Gasteiger partial charge on any atom is 0.307 e. The van der Waals surface area contributed by atoms with Crippen LogP contribution in [0.15, 0.2) is 71.3 Å². The van der Waals surface area contributed by atoms with Gasteiger partial charge in [0.15, 0.2) is 0 Å². The first-order valence-corrected chi connectivity index (χ1v) is 10.0. The number of hydrogen-bond acceptors (Lipinski definition) is 5.